The molecule has 1 unspecified atom stereocenters. The molecule has 0 aliphatic heterocycles. The van der Waals surface area contributed by atoms with Crippen molar-refractivity contribution in [3.63, 3.8) is 0 Å². The van der Waals surface area contributed by atoms with Gasteiger partial charge in [-0.2, -0.15) is 0 Å². The Bertz CT molecular complexity index is 424. The number of Topliss-reactive ketones (excluding diaryl/α,β-unsaturated/α-hetero) is 1. The molecular formula is C19H28O. The third kappa shape index (κ3) is 3.50. The van der Waals surface area contributed by atoms with Gasteiger partial charge in [0.25, 0.3) is 0 Å². The van der Waals surface area contributed by atoms with E-state index in [0.29, 0.717) is 18.1 Å². The Balaban J connectivity index is 2.15. The van der Waals surface area contributed by atoms with E-state index in [-0.39, 0.29) is 5.92 Å². The van der Waals surface area contributed by atoms with Crippen LogP contribution in [0.25, 0.3) is 0 Å². The van der Waals surface area contributed by atoms with Gasteiger partial charge in [-0.3, -0.25) is 4.79 Å². The monoisotopic (exact) mass is 272 g/mol. The van der Waals surface area contributed by atoms with Gasteiger partial charge in [-0.25, -0.2) is 0 Å². The number of carbonyl (C=O) groups is 1. The maximum Gasteiger partial charge on any atom is 0.140 e. The first kappa shape index (κ1) is 15.3. The van der Waals surface area contributed by atoms with Gasteiger partial charge < -0.3 is 0 Å². The van der Waals surface area contributed by atoms with E-state index in [1.54, 1.807) is 0 Å². The van der Waals surface area contributed by atoms with Crippen LogP contribution >= 0.6 is 0 Å². The zero-order chi connectivity index (χ0) is 14.5. The summed E-state index contributed by atoms with van der Waals surface area (Å²) >= 11 is 0. The minimum atomic E-state index is 0.0698. The molecule has 2 rings (SSSR count). The van der Waals surface area contributed by atoms with Crippen molar-refractivity contribution in [3.8, 4) is 0 Å². The summed E-state index contributed by atoms with van der Waals surface area (Å²) in [6.45, 7) is 6.26. The number of ketones is 1. The first-order valence-electron chi connectivity index (χ1n) is 8.26. The lowest BCUT2D eigenvalue weighted by Gasteiger charge is -2.24. The zero-order valence-corrected chi connectivity index (χ0v) is 13.2. The Kier molecular flexibility index (Phi) is 5.39. The highest BCUT2D eigenvalue weighted by Gasteiger charge is 2.23. The number of carbonyl (C=O) groups excluding carboxylic acids is 1. The molecule has 1 aliphatic carbocycles. The van der Waals surface area contributed by atoms with E-state index in [9.17, 15) is 4.79 Å². The maximum atomic E-state index is 12.1. The van der Waals surface area contributed by atoms with E-state index < -0.39 is 0 Å². The molecule has 1 nitrogen and oxygen atoms in total. The Morgan fingerprint density at radius 1 is 1.10 bits per heavy atom. The van der Waals surface area contributed by atoms with Crippen molar-refractivity contribution in [2.24, 2.45) is 5.92 Å². The summed E-state index contributed by atoms with van der Waals surface area (Å²) in [6.07, 6.45) is 7.44. The highest BCUT2D eigenvalue weighted by molar-refractivity contribution is 5.85. The van der Waals surface area contributed by atoms with Gasteiger partial charge in [-0.1, -0.05) is 64.3 Å². The molecule has 0 aromatic heterocycles. The van der Waals surface area contributed by atoms with Crippen LogP contribution in [0.15, 0.2) is 24.3 Å². The highest BCUT2D eigenvalue weighted by atomic mass is 16.1. The van der Waals surface area contributed by atoms with Gasteiger partial charge in [0.2, 0.25) is 0 Å². The summed E-state index contributed by atoms with van der Waals surface area (Å²) in [4.78, 5) is 12.1. The normalized spacial score (nSPS) is 18.2. The van der Waals surface area contributed by atoms with Crippen LogP contribution in [0.4, 0.5) is 0 Å². The second kappa shape index (κ2) is 7.06. The molecule has 1 aliphatic rings. The fourth-order valence-electron chi connectivity index (χ4n) is 3.57. The summed E-state index contributed by atoms with van der Waals surface area (Å²) < 4.78 is 0. The molecule has 1 saturated carbocycles. The average Bonchev–Trinajstić information content (AvgIpc) is 2.48. The lowest BCUT2D eigenvalue weighted by Crippen LogP contribution is -2.17. The van der Waals surface area contributed by atoms with Gasteiger partial charge in [0.1, 0.15) is 5.78 Å². The average molecular weight is 272 g/mol. The second-order valence-corrected chi connectivity index (χ2v) is 6.54. The summed E-state index contributed by atoms with van der Waals surface area (Å²) in [5, 5.41) is 0. The van der Waals surface area contributed by atoms with Gasteiger partial charge >= 0.3 is 0 Å². The first-order chi connectivity index (χ1) is 9.63. The van der Waals surface area contributed by atoms with Crippen molar-refractivity contribution < 1.29 is 4.79 Å². The van der Waals surface area contributed by atoms with Crippen molar-refractivity contribution in [2.45, 2.75) is 71.1 Å². The van der Waals surface area contributed by atoms with Crippen LogP contribution in [-0.2, 0) is 4.79 Å². The third-order valence-corrected chi connectivity index (χ3v) is 4.73. The van der Waals surface area contributed by atoms with Crippen molar-refractivity contribution in [2.75, 3.05) is 0 Å². The molecule has 1 aromatic rings. The largest absolute Gasteiger partial charge is 0.299 e. The number of hydrogen-bond acceptors (Lipinski definition) is 1. The van der Waals surface area contributed by atoms with Gasteiger partial charge in [0.05, 0.1) is 0 Å². The predicted molar refractivity (Wildman–Crippen MR) is 85.1 cm³/mol. The molecule has 0 radical (unpaired) electrons. The topological polar surface area (TPSA) is 17.1 Å². The van der Waals surface area contributed by atoms with Crippen LogP contribution < -0.4 is 0 Å². The molecule has 1 atom stereocenters. The summed E-state index contributed by atoms with van der Waals surface area (Å²) in [5.74, 6) is 1.56. The summed E-state index contributed by atoms with van der Waals surface area (Å²) in [7, 11) is 0. The Labute approximate surface area is 123 Å². The van der Waals surface area contributed by atoms with E-state index in [1.165, 1.54) is 43.2 Å². The minimum Gasteiger partial charge on any atom is -0.299 e. The van der Waals surface area contributed by atoms with Crippen LogP contribution in [0.5, 0.6) is 0 Å². The number of hydrogen-bond donors (Lipinski definition) is 0. The smallest absolute Gasteiger partial charge is 0.140 e. The summed E-state index contributed by atoms with van der Waals surface area (Å²) in [5.41, 5.74) is 2.67. The minimum absolute atomic E-state index is 0.0698. The van der Waals surface area contributed by atoms with Crippen molar-refractivity contribution in [1.29, 1.82) is 0 Å². The van der Waals surface area contributed by atoms with E-state index in [0.717, 1.165) is 5.92 Å². The molecule has 0 N–H and O–H groups in total. The van der Waals surface area contributed by atoms with Crippen LogP contribution in [0.2, 0.25) is 0 Å². The van der Waals surface area contributed by atoms with Crippen molar-refractivity contribution in [1.82, 2.24) is 0 Å². The molecule has 0 saturated heterocycles. The molecule has 1 heteroatoms. The molecule has 1 aromatic carbocycles. The molecule has 1 fully saturated rings. The van der Waals surface area contributed by atoms with E-state index in [1.807, 2.05) is 6.92 Å². The highest BCUT2D eigenvalue weighted by Crippen LogP contribution is 2.34. The van der Waals surface area contributed by atoms with Crippen LogP contribution in [0.3, 0.4) is 0 Å². The van der Waals surface area contributed by atoms with Crippen LogP contribution in [-0.4, -0.2) is 5.78 Å². The van der Waals surface area contributed by atoms with E-state index >= 15 is 0 Å². The predicted octanol–water partition coefficient (Wildman–Crippen LogP) is 5.45. The van der Waals surface area contributed by atoms with E-state index in [4.69, 9.17) is 0 Å². The Morgan fingerprint density at radius 2 is 1.70 bits per heavy atom. The molecular weight excluding hydrogens is 244 g/mol. The quantitative estimate of drug-likeness (QED) is 0.696. The Hall–Kier alpha value is -1.11. The van der Waals surface area contributed by atoms with Crippen molar-refractivity contribution in [3.05, 3.63) is 35.4 Å². The third-order valence-electron chi connectivity index (χ3n) is 4.73. The number of rotatable bonds is 5. The van der Waals surface area contributed by atoms with Gasteiger partial charge in [0, 0.05) is 12.3 Å². The molecule has 0 spiro atoms. The maximum absolute atomic E-state index is 12.1. The van der Waals surface area contributed by atoms with Crippen LogP contribution in [0.1, 0.15) is 82.3 Å². The van der Waals surface area contributed by atoms with E-state index in [2.05, 4.69) is 38.1 Å². The lowest BCUT2D eigenvalue weighted by atomic mass is 9.81. The fourth-order valence-corrected chi connectivity index (χ4v) is 3.57. The fraction of sp³-hybridized carbons (Fsp3) is 0.632. The molecule has 0 bridgehead atoms. The number of benzene rings is 1. The zero-order valence-electron chi connectivity index (χ0n) is 13.2. The summed E-state index contributed by atoms with van der Waals surface area (Å²) in [6, 6.07) is 8.93. The van der Waals surface area contributed by atoms with Crippen LogP contribution in [0, 0.1) is 5.92 Å². The molecule has 0 amide bonds. The lowest BCUT2D eigenvalue weighted by molar-refractivity contribution is -0.121. The standard InChI is InChI=1S/C19H28O/c1-4-18(20)19(14(2)3)17-12-10-16(11-13-17)15-8-6-5-7-9-15/h10-15,19H,4-9H2,1-3H3. The van der Waals surface area contributed by atoms with Gasteiger partial charge in [0.15, 0.2) is 0 Å². The molecule has 20 heavy (non-hydrogen) atoms. The van der Waals surface area contributed by atoms with Crippen molar-refractivity contribution >= 4 is 5.78 Å². The molecule has 110 valence electrons. The first-order valence-corrected chi connectivity index (χ1v) is 8.26. The van der Waals surface area contributed by atoms with Gasteiger partial charge in [-0.15, -0.1) is 0 Å². The molecule has 0 heterocycles. The van der Waals surface area contributed by atoms with Gasteiger partial charge in [-0.05, 0) is 35.8 Å². The Morgan fingerprint density at radius 3 is 2.20 bits per heavy atom. The SMILES string of the molecule is CCC(=O)C(c1ccc(C2CCCCC2)cc1)C(C)C. The second-order valence-electron chi connectivity index (χ2n) is 6.54.